The maximum Gasteiger partial charge on any atom is 0.387 e. The van der Waals surface area contributed by atoms with Gasteiger partial charge < -0.3 is 14.8 Å². The minimum absolute atomic E-state index is 0.135. The van der Waals surface area contributed by atoms with E-state index in [0.717, 1.165) is 5.56 Å². The Hall–Kier alpha value is -5.24. The molecule has 5 rings (SSSR count). The van der Waals surface area contributed by atoms with Crippen LogP contribution in [0.5, 0.6) is 17.2 Å². The third kappa shape index (κ3) is 5.08. The second kappa shape index (κ2) is 10.2. The fraction of sp³-hybridized carbons (Fsp3) is 0.0769. The van der Waals surface area contributed by atoms with Gasteiger partial charge in [-0.1, -0.05) is 12.1 Å². The summed E-state index contributed by atoms with van der Waals surface area (Å²) in [7, 11) is 0. The van der Waals surface area contributed by atoms with Crippen LogP contribution in [0.3, 0.4) is 0 Å². The molecule has 0 aliphatic carbocycles. The molecule has 37 heavy (non-hydrogen) atoms. The summed E-state index contributed by atoms with van der Waals surface area (Å²) in [6, 6.07) is 13.2. The smallest absolute Gasteiger partial charge is 0.387 e. The van der Waals surface area contributed by atoms with E-state index in [-0.39, 0.29) is 28.3 Å². The van der Waals surface area contributed by atoms with Crippen molar-refractivity contribution in [2.75, 3.05) is 5.32 Å². The van der Waals surface area contributed by atoms with E-state index in [1.165, 1.54) is 35.1 Å². The number of H-pyrrole nitrogens is 1. The third-order valence-corrected chi connectivity index (χ3v) is 5.31. The molecule has 184 valence electrons. The monoisotopic (exact) mass is 500 g/mol. The number of hydrogen-bond donors (Lipinski definition) is 2. The Morgan fingerprint density at radius 3 is 2.76 bits per heavy atom. The highest BCUT2D eigenvalue weighted by molar-refractivity contribution is 6.09. The minimum atomic E-state index is -3.07. The fourth-order valence-corrected chi connectivity index (χ4v) is 3.66. The number of ether oxygens (including phenoxy) is 2. The van der Waals surface area contributed by atoms with Gasteiger partial charge in [0.15, 0.2) is 5.65 Å². The number of hydrogen-bond acceptors (Lipinski definition) is 6. The van der Waals surface area contributed by atoms with Gasteiger partial charge >= 0.3 is 6.61 Å². The van der Waals surface area contributed by atoms with E-state index in [9.17, 15) is 13.6 Å². The predicted molar refractivity (Wildman–Crippen MR) is 131 cm³/mol. The number of fused-ring (bicyclic) bond motifs is 1. The SMILES string of the molecule is C#CCc1ccc(Oc2ccc(OC(F)F)c(-c3[nH]ncc3NC(=O)c3cnn4cccnc34)c2)cc1. The zero-order chi connectivity index (χ0) is 25.8. The molecule has 0 aliphatic rings. The van der Waals surface area contributed by atoms with E-state index >= 15 is 0 Å². The van der Waals surface area contributed by atoms with Crippen molar-refractivity contribution in [3.8, 4) is 40.8 Å². The molecule has 0 spiro atoms. The topological polar surface area (TPSA) is 106 Å². The summed E-state index contributed by atoms with van der Waals surface area (Å²) >= 11 is 0. The Morgan fingerprint density at radius 1 is 1.16 bits per heavy atom. The fourth-order valence-electron chi connectivity index (χ4n) is 3.66. The largest absolute Gasteiger partial charge is 0.457 e. The van der Waals surface area contributed by atoms with Crippen LogP contribution in [0.25, 0.3) is 16.9 Å². The Bertz CT molecular complexity index is 1600. The van der Waals surface area contributed by atoms with Crippen LogP contribution in [0.1, 0.15) is 15.9 Å². The summed E-state index contributed by atoms with van der Waals surface area (Å²) in [4.78, 5) is 17.2. The van der Waals surface area contributed by atoms with Crippen molar-refractivity contribution in [1.29, 1.82) is 0 Å². The van der Waals surface area contributed by atoms with Crippen LogP contribution in [-0.2, 0) is 6.42 Å². The summed E-state index contributed by atoms with van der Waals surface area (Å²) in [6.45, 7) is -3.07. The first-order valence-electron chi connectivity index (χ1n) is 10.9. The second-order valence-electron chi connectivity index (χ2n) is 7.72. The van der Waals surface area contributed by atoms with Gasteiger partial charge in [0, 0.05) is 24.4 Å². The lowest BCUT2D eigenvalue weighted by Gasteiger charge is -2.14. The number of rotatable bonds is 8. The zero-order valence-electron chi connectivity index (χ0n) is 19.1. The number of halogens is 2. The standard InChI is InChI=1S/C26H18F2N6O3/c1-2-4-16-5-7-17(8-6-16)36-18-9-10-22(37-26(27)28)19(13-18)23-21(15-30-33-23)32-25(35)20-14-31-34-12-3-11-29-24(20)34/h1,3,5-15,26H,4H2,(H,30,33)(H,32,35). The quantitative estimate of drug-likeness (QED) is 0.292. The number of amides is 1. The molecule has 9 nitrogen and oxygen atoms in total. The van der Waals surface area contributed by atoms with Crippen LogP contribution in [0.15, 0.2) is 73.3 Å². The highest BCUT2D eigenvalue weighted by atomic mass is 19.3. The summed E-state index contributed by atoms with van der Waals surface area (Å²) < 4.78 is 38.4. The molecule has 0 aliphatic heterocycles. The number of alkyl halides is 2. The number of nitrogens with one attached hydrogen (secondary N) is 2. The molecule has 3 heterocycles. The Morgan fingerprint density at radius 2 is 1.97 bits per heavy atom. The van der Waals surface area contributed by atoms with Crippen LogP contribution >= 0.6 is 0 Å². The molecule has 11 heteroatoms. The zero-order valence-corrected chi connectivity index (χ0v) is 19.1. The lowest BCUT2D eigenvalue weighted by Crippen LogP contribution is -2.12. The molecule has 1 amide bonds. The van der Waals surface area contributed by atoms with Crippen molar-refractivity contribution in [2.24, 2.45) is 0 Å². The number of terminal acetylenes is 1. The number of anilines is 1. The Balaban J connectivity index is 1.45. The molecular weight excluding hydrogens is 482 g/mol. The van der Waals surface area contributed by atoms with Crippen LogP contribution in [0, 0.1) is 12.3 Å². The first-order valence-corrected chi connectivity index (χ1v) is 10.9. The Labute approximate surface area is 209 Å². The van der Waals surface area contributed by atoms with Gasteiger partial charge in [0.25, 0.3) is 5.91 Å². The van der Waals surface area contributed by atoms with Gasteiger partial charge in [-0.3, -0.25) is 9.89 Å². The molecule has 0 bridgehead atoms. The lowest BCUT2D eigenvalue weighted by molar-refractivity contribution is -0.0494. The maximum absolute atomic E-state index is 13.2. The molecule has 5 aromatic rings. The van der Waals surface area contributed by atoms with Crippen LogP contribution in [0.2, 0.25) is 0 Å². The van der Waals surface area contributed by atoms with E-state index in [1.54, 1.807) is 30.6 Å². The third-order valence-electron chi connectivity index (χ3n) is 5.31. The van der Waals surface area contributed by atoms with Gasteiger partial charge in [0.1, 0.15) is 22.8 Å². The molecule has 0 fully saturated rings. The van der Waals surface area contributed by atoms with E-state index in [1.807, 2.05) is 12.1 Å². The van der Waals surface area contributed by atoms with Crippen molar-refractivity contribution >= 4 is 17.2 Å². The summed E-state index contributed by atoms with van der Waals surface area (Å²) in [6.07, 6.45) is 11.8. The van der Waals surface area contributed by atoms with Gasteiger partial charge in [0.2, 0.25) is 0 Å². The molecule has 0 saturated heterocycles. The van der Waals surface area contributed by atoms with Crippen molar-refractivity contribution in [3.05, 3.63) is 84.4 Å². The van der Waals surface area contributed by atoms with Gasteiger partial charge in [0.05, 0.1) is 23.8 Å². The van der Waals surface area contributed by atoms with E-state index in [4.69, 9.17) is 15.9 Å². The molecule has 0 saturated carbocycles. The number of carbonyl (C=O) groups excluding carboxylic acids is 1. The van der Waals surface area contributed by atoms with Crippen molar-refractivity contribution in [3.63, 3.8) is 0 Å². The summed E-state index contributed by atoms with van der Waals surface area (Å²) in [5, 5.41) is 13.5. The first-order chi connectivity index (χ1) is 18.0. The second-order valence-corrected chi connectivity index (χ2v) is 7.72. The van der Waals surface area contributed by atoms with E-state index < -0.39 is 12.5 Å². The van der Waals surface area contributed by atoms with E-state index in [2.05, 4.69) is 31.5 Å². The lowest BCUT2D eigenvalue weighted by atomic mass is 10.1. The average Bonchev–Trinajstić information content (AvgIpc) is 3.53. The molecule has 0 unspecified atom stereocenters. The van der Waals surface area contributed by atoms with Crippen molar-refractivity contribution < 1.29 is 23.0 Å². The maximum atomic E-state index is 13.2. The van der Waals surface area contributed by atoms with E-state index in [0.29, 0.717) is 23.6 Å². The number of benzene rings is 2. The summed E-state index contributed by atoms with van der Waals surface area (Å²) in [5.41, 5.74) is 2.21. The van der Waals surface area contributed by atoms with Crippen LogP contribution in [-0.4, -0.2) is 37.3 Å². The molecule has 0 atom stereocenters. The Kier molecular flexibility index (Phi) is 6.46. The van der Waals surface area contributed by atoms with Gasteiger partial charge in [-0.15, -0.1) is 12.3 Å². The number of aromatic nitrogens is 5. The van der Waals surface area contributed by atoms with Crippen LogP contribution < -0.4 is 14.8 Å². The van der Waals surface area contributed by atoms with Crippen LogP contribution in [0.4, 0.5) is 14.5 Å². The highest BCUT2D eigenvalue weighted by Crippen LogP contribution is 2.38. The predicted octanol–water partition coefficient (Wildman–Crippen LogP) is 4.94. The van der Waals surface area contributed by atoms with Gasteiger partial charge in [-0.2, -0.15) is 19.0 Å². The molecule has 0 radical (unpaired) electrons. The first kappa shape index (κ1) is 23.5. The van der Waals surface area contributed by atoms with Crippen molar-refractivity contribution in [1.82, 2.24) is 24.8 Å². The minimum Gasteiger partial charge on any atom is -0.457 e. The molecule has 2 N–H and O–H groups in total. The van der Waals surface area contributed by atoms with Gasteiger partial charge in [-0.05, 0) is 42.0 Å². The van der Waals surface area contributed by atoms with Gasteiger partial charge in [-0.25, -0.2) is 9.50 Å². The highest BCUT2D eigenvalue weighted by Gasteiger charge is 2.21. The summed E-state index contributed by atoms with van der Waals surface area (Å²) in [5.74, 6) is 2.80. The number of aromatic amines is 1. The van der Waals surface area contributed by atoms with Crippen molar-refractivity contribution in [2.45, 2.75) is 13.0 Å². The number of carbonyl (C=O) groups is 1. The molecule has 3 aromatic heterocycles. The average molecular weight is 500 g/mol. The molecule has 2 aromatic carbocycles. The number of nitrogens with zero attached hydrogens (tertiary/aromatic N) is 4. The molecular formula is C26H18F2N6O3. The normalized spacial score (nSPS) is 10.9.